The van der Waals surface area contributed by atoms with Crippen molar-refractivity contribution in [3.05, 3.63) is 95.6 Å². The van der Waals surface area contributed by atoms with Crippen LogP contribution in [0.3, 0.4) is 0 Å². The zero-order valence-corrected chi connectivity index (χ0v) is 19.1. The summed E-state index contributed by atoms with van der Waals surface area (Å²) < 4.78 is 0. The van der Waals surface area contributed by atoms with Crippen LogP contribution in [0.1, 0.15) is 41.3 Å². The van der Waals surface area contributed by atoms with Crippen LogP contribution in [0.4, 0.5) is 11.4 Å². The maximum absolute atomic E-state index is 13.4. The van der Waals surface area contributed by atoms with Crippen LogP contribution in [-0.2, 0) is 4.79 Å². The molecule has 3 aromatic rings. The van der Waals surface area contributed by atoms with E-state index in [1.807, 2.05) is 91.8 Å². The number of carbonyl (C=O) groups is 2. The first-order chi connectivity index (χ1) is 15.4. The molecule has 32 heavy (non-hydrogen) atoms. The molecule has 0 saturated heterocycles. The van der Waals surface area contributed by atoms with E-state index in [4.69, 9.17) is 0 Å². The normalized spacial score (nSPS) is 10.8. The van der Waals surface area contributed by atoms with E-state index in [0.29, 0.717) is 23.7 Å². The molecule has 0 bridgehead atoms. The molecule has 2 amide bonds. The van der Waals surface area contributed by atoms with Crippen molar-refractivity contribution in [2.24, 2.45) is 5.92 Å². The lowest BCUT2D eigenvalue weighted by atomic mass is 9.90. The number of nitrogens with one attached hydrogen (secondary N) is 2. The van der Waals surface area contributed by atoms with Crippen molar-refractivity contribution in [2.45, 2.75) is 19.8 Å². The van der Waals surface area contributed by atoms with Gasteiger partial charge in [0, 0.05) is 32.0 Å². The van der Waals surface area contributed by atoms with Gasteiger partial charge in [-0.05, 0) is 35.2 Å². The Morgan fingerprint density at radius 2 is 1.41 bits per heavy atom. The predicted molar refractivity (Wildman–Crippen MR) is 131 cm³/mol. The second kappa shape index (κ2) is 10.6. The minimum absolute atomic E-state index is 0.145. The summed E-state index contributed by atoms with van der Waals surface area (Å²) in [6, 6.07) is 24.9. The second-order valence-corrected chi connectivity index (χ2v) is 8.47. The van der Waals surface area contributed by atoms with Gasteiger partial charge in [0.05, 0.1) is 11.5 Å². The van der Waals surface area contributed by atoms with Gasteiger partial charge < -0.3 is 15.5 Å². The fourth-order valence-corrected chi connectivity index (χ4v) is 3.58. The maximum Gasteiger partial charge on any atom is 0.253 e. The highest BCUT2D eigenvalue weighted by atomic mass is 16.2. The van der Waals surface area contributed by atoms with E-state index in [-0.39, 0.29) is 11.8 Å². The average Bonchev–Trinajstić information content (AvgIpc) is 2.79. The lowest BCUT2D eigenvalue weighted by molar-refractivity contribution is -0.116. The van der Waals surface area contributed by atoms with Crippen LogP contribution >= 0.6 is 0 Å². The Hall–Kier alpha value is -3.60. The van der Waals surface area contributed by atoms with Crippen LogP contribution < -0.4 is 15.5 Å². The number of nitrogens with zero attached hydrogens (tertiary/aromatic N) is 1. The fourth-order valence-electron chi connectivity index (χ4n) is 3.58. The summed E-state index contributed by atoms with van der Waals surface area (Å²) in [5, 5.41) is 6.00. The van der Waals surface area contributed by atoms with Gasteiger partial charge in [-0.3, -0.25) is 9.59 Å². The molecule has 3 aromatic carbocycles. The summed E-state index contributed by atoms with van der Waals surface area (Å²) in [5.41, 5.74) is 3.75. The van der Waals surface area contributed by atoms with E-state index in [1.54, 1.807) is 6.07 Å². The van der Waals surface area contributed by atoms with Crippen molar-refractivity contribution in [1.82, 2.24) is 5.32 Å². The van der Waals surface area contributed by atoms with Gasteiger partial charge in [0.2, 0.25) is 5.91 Å². The number of carbonyl (C=O) groups excluding carboxylic acids is 2. The summed E-state index contributed by atoms with van der Waals surface area (Å²) in [5.74, 6) is -0.402. The molecule has 3 rings (SSSR count). The summed E-state index contributed by atoms with van der Waals surface area (Å²) in [7, 11) is 3.79. The second-order valence-electron chi connectivity index (χ2n) is 8.47. The van der Waals surface area contributed by atoms with Crippen molar-refractivity contribution < 1.29 is 9.59 Å². The van der Waals surface area contributed by atoms with Crippen molar-refractivity contribution in [3.8, 4) is 0 Å². The number of rotatable bonds is 8. The Morgan fingerprint density at radius 1 is 0.844 bits per heavy atom. The molecule has 0 aliphatic carbocycles. The van der Waals surface area contributed by atoms with Crippen LogP contribution in [0, 0.1) is 5.92 Å². The molecule has 5 heteroatoms. The van der Waals surface area contributed by atoms with Crippen LogP contribution in [0.25, 0.3) is 0 Å². The van der Waals surface area contributed by atoms with Gasteiger partial charge in [0.1, 0.15) is 0 Å². The van der Waals surface area contributed by atoms with Crippen LogP contribution in [0.15, 0.2) is 78.9 Å². The summed E-state index contributed by atoms with van der Waals surface area (Å²) >= 11 is 0. The van der Waals surface area contributed by atoms with Crippen LogP contribution in [0.2, 0.25) is 0 Å². The Balaban J connectivity index is 1.91. The molecule has 0 heterocycles. The quantitative estimate of drug-likeness (QED) is 0.535. The topological polar surface area (TPSA) is 61.4 Å². The number of hydrogen-bond donors (Lipinski definition) is 2. The SMILES string of the molecule is CC(C)CNC(=O)c1cc(NC(=O)C(c2ccccc2)c2ccccc2)ccc1N(C)C. The zero-order chi connectivity index (χ0) is 23.1. The van der Waals surface area contributed by atoms with Crippen LogP contribution in [-0.4, -0.2) is 32.5 Å². The summed E-state index contributed by atoms with van der Waals surface area (Å²) in [4.78, 5) is 28.1. The van der Waals surface area contributed by atoms with Gasteiger partial charge in [-0.2, -0.15) is 0 Å². The molecule has 0 spiro atoms. The van der Waals surface area contributed by atoms with Crippen molar-refractivity contribution in [3.63, 3.8) is 0 Å². The summed E-state index contributed by atoms with van der Waals surface area (Å²) in [6.45, 7) is 4.69. The largest absolute Gasteiger partial charge is 0.377 e. The Labute approximate surface area is 190 Å². The third-order valence-electron chi connectivity index (χ3n) is 5.19. The average molecular weight is 430 g/mol. The van der Waals surface area contributed by atoms with Crippen molar-refractivity contribution >= 4 is 23.2 Å². The third-order valence-corrected chi connectivity index (χ3v) is 5.19. The van der Waals surface area contributed by atoms with Gasteiger partial charge in [0.25, 0.3) is 5.91 Å². The lowest BCUT2D eigenvalue weighted by Gasteiger charge is -2.21. The first kappa shape index (κ1) is 23.1. The van der Waals surface area contributed by atoms with Gasteiger partial charge in [-0.25, -0.2) is 0 Å². The molecule has 0 radical (unpaired) electrons. The number of amides is 2. The van der Waals surface area contributed by atoms with Crippen molar-refractivity contribution in [1.29, 1.82) is 0 Å². The van der Waals surface area contributed by atoms with E-state index >= 15 is 0 Å². The zero-order valence-electron chi connectivity index (χ0n) is 19.1. The van der Waals surface area contributed by atoms with E-state index in [9.17, 15) is 9.59 Å². The molecule has 0 fully saturated rings. The molecule has 0 saturated carbocycles. The minimum Gasteiger partial charge on any atom is -0.377 e. The summed E-state index contributed by atoms with van der Waals surface area (Å²) in [6.07, 6.45) is 0. The number of hydrogen-bond acceptors (Lipinski definition) is 3. The van der Waals surface area contributed by atoms with Gasteiger partial charge >= 0.3 is 0 Å². The van der Waals surface area contributed by atoms with Gasteiger partial charge in [-0.15, -0.1) is 0 Å². The van der Waals surface area contributed by atoms with Gasteiger partial charge in [-0.1, -0.05) is 74.5 Å². The molecular formula is C27H31N3O2. The highest BCUT2D eigenvalue weighted by Gasteiger charge is 2.23. The van der Waals surface area contributed by atoms with E-state index in [2.05, 4.69) is 24.5 Å². The molecule has 0 aliphatic rings. The lowest BCUT2D eigenvalue weighted by Crippen LogP contribution is -2.29. The molecule has 0 atom stereocenters. The Morgan fingerprint density at radius 3 is 1.91 bits per heavy atom. The Kier molecular flexibility index (Phi) is 7.66. The molecule has 0 unspecified atom stereocenters. The smallest absolute Gasteiger partial charge is 0.253 e. The minimum atomic E-state index is -0.454. The van der Waals surface area contributed by atoms with Crippen molar-refractivity contribution in [2.75, 3.05) is 30.9 Å². The molecule has 2 N–H and O–H groups in total. The third kappa shape index (κ3) is 5.76. The fraction of sp³-hybridized carbons (Fsp3) is 0.259. The Bertz CT molecular complexity index is 1010. The van der Waals surface area contributed by atoms with E-state index < -0.39 is 5.92 Å². The first-order valence-electron chi connectivity index (χ1n) is 10.9. The highest BCUT2D eigenvalue weighted by Crippen LogP contribution is 2.28. The molecule has 0 aromatic heterocycles. The number of anilines is 2. The monoisotopic (exact) mass is 429 g/mol. The first-order valence-corrected chi connectivity index (χ1v) is 10.9. The van der Waals surface area contributed by atoms with E-state index in [0.717, 1.165) is 16.8 Å². The highest BCUT2D eigenvalue weighted by molar-refractivity contribution is 6.03. The molecule has 166 valence electrons. The number of benzene rings is 3. The standard InChI is InChI=1S/C27H31N3O2/c1-19(2)18-28-26(31)23-17-22(15-16-24(23)30(3)4)29-27(32)25(20-11-7-5-8-12-20)21-13-9-6-10-14-21/h5-17,19,25H,18H2,1-4H3,(H,28,31)(H,29,32). The molecule has 0 aliphatic heterocycles. The van der Waals surface area contributed by atoms with Gasteiger partial charge in [0.15, 0.2) is 0 Å². The predicted octanol–water partition coefficient (Wildman–Crippen LogP) is 4.91. The van der Waals surface area contributed by atoms with E-state index in [1.165, 1.54) is 0 Å². The van der Waals surface area contributed by atoms with Crippen LogP contribution in [0.5, 0.6) is 0 Å². The molecular weight excluding hydrogens is 398 g/mol. The maximum atomic E-state index is 13.4. The molecule has 5 nitrogen and oxygen atoms in total.